The van der Waals surface area contributed by atoms with Crippen LogP contribution in [-0.2, 0) is 119 Å². The molecule has 1 rings (SSSR count). The van der Waals surface area contributed by atoms with E-state index in [1.165, 1.54) is 12.1 Å². The molecule has 0 radical (unpaired) electrons. The highest BCUT2D eigenvalue weighted by Crippen LogP contribution is 2.59. The third-order valence-corrected chi connectivity index (χ3v) is 10.8. The summed E-state index contributed by atoms with van der Waals surface area (Å²) in [5.41, 5.74) is 0.324. The molecule has 0 aliphatic rings. The summed E-state index contributed by atoms with van der Waals surface area (Å²) in [6.07, 6.45) is -2.37. The summed E-state index contributed by atoms with van der Waals surface area (Å²) < 4.78 is 96.3. The third kappa shape index (κ3) is 18.0. The number of rotatable bonds is 32. The Hall–Kier alpha value is -0.500. The molecule has 0 fully saturated rings. The molecule has 0 saturated carbocycles. The van der Waals surface area contributed by atoms with Gasteiger partial charge in [0.05, 0.1) is 77.5 Å². The fourth-order valence-electron chi connectivity index (χ4n) is 3.54. The van der Waals surface area contributed by atoms with Crippen molar-refractivity contribution in [1.29, 1.82) is 0 Å². The first-order valence-electron chi connectivity index (χ1n) is 15.8. The minimum atomic E-state index is -4.30. The highest BCUT2D eigenvalue weighted by molar-refractivity contribution is 7.53. The largest absolute Gasteiger partial charge is 0.388 e. The van der Waals surface area contributed by atoms with Crippen LogP contribution in [0.3, 0.4) is 0 Å². The fraction of sp³-hybridized carbons (Fsp3) is 0.769. The molecule has 0 bridgehead atoms. The summed E-state index contributed by atoms with van der Waals surface area (Å²) >= 11 is 0. The van der Waals surface area contributed by atoms with Crippen LogP contribution in [0.4, 0.5) is 0 Å². The van der Waals surface area contributed by atoms with E-state index in [1.54, 1.807) is 55.4 Å². The van der Waals surface area contributed by atoms with Gasteiger partial charge in [-0.1, -0.05) is 12.1 Å². The van der Waals surface area contributed by atoms with Gasteiger partial charge in [0.25, 0.3) is 0 Å². The van der Waals surface area contributed by atoms with E-state index >= 15 is 0 Å². The lowest BCUT2D eigenvalue weighted by atomic mass is 10.0. The molecule has 0 amide bonds. The zero-order valence-corrected chi connectivity index (χ0v) is 33.2. The van der Waals surface area contributed by atoms with Crippen molar-refractivity contribution in [2.75, 3.05) is 52.9 Å². The smallest absolute Gasteiger partial charge is 0.255 e. The molecule has 0 unspecified atom stereocenters. The van der Waals surface area contributed by atoms with Crippen molar-refractivity contribution < 1.29 is 94.8 Å². The zero-order chi connectivity index (χ0) is 37.5. The summed E-state index contributed by atoms with van der Waals surface area (Å²) in [4.78, 5) is 39.6. The van der Waals surface area contributed by atoms with Gasteiger partial charge in [-0.3, -0.25) is 18.3 Å². The molecule has 0 aliphatic carbocycles. The van der Waals surface area contributed by atoms with E-state index in [4.69, 9.17) is 76.5 Å². The van der Waals surface area contributed by atoms with Gasteiger partial charge in [0.15, 0.2) is 0 Å². The van der Waals surface area contributed by atoms with Crippen LogP contribution < -0.4 is 0 Å². The van der Waals surface area contributed by atoms with Crippen LogP contribution in [-0.4, -0.2) is 52.9 Å². The third-order valence-electron chi connectivity index (χ3n) is 5.25. The van der Waals surface area contributed by atoms with E-state index in [1.807, 2.05) is 0 Å². The van der Waals surface area contributed by atoms with Crippen LogP contribution in [0, 0.1) is 0 Å². The average molecular weight is 807 g/mol. The molecule has 1 aromatic carbocycles. The summed E-state index contributed by atoms with van der Waals surface area (Å²) in [5, 5.41) is 0. The summed E-state index contributed by atoms with van der Waals surface area (Å²) in [5.74, 6) is 0. The van der Waals surface area contributed by atoms with Crippen molar-refractivity contribution in [2.24, 2.45) is 0 Å². The standard InChI is InChI=1S/C26H50O20P4/c1-9-31-39-47(27,40-32-10-2)19-23-17-25(21-49(29,43-35-13-5)44-36-14-6)26(22-50(30,45-37-15-7)46-38-16-8)18-24(23)20-48(28,41-33-11-3)42-34-12-4/h17-18H,9-16,19-22H2,1-8H3. The fourth-order valence-corrected chi connectivity index (χ4v) is 9.03. The lowest BCUT2D eigenvalue weighted by Gasteiger charge is -2.24. The van der Waals surface area contributed by atoms with Crippen LogP contribution in [0.25, 0.3) is 0 Å². The molecular formula is C26H50O20P4. The second-order valence-corrected chi connectivity index (χ2v) is 16.7. The minimum Gasteiger partial charge on any atom is -0.255 e. The lowest BCUT2D eigenvalue weighted by molar-refractivity contribution is -0.263. The van der Waals surface area contributed by atoms with Crippen molar-refractivity contribution in [3.8, 4) is 0 Å². The second-order valence-electron chi connectivity index (χ2n) is 9.31. The zero-order valence-electron chi connectivity index (χ0n) is 29.6. The van der Waals surface area contributed by atoms with Crippen LogP contribution in [0.15, 0.2) is 12.1 Å². The number of benzene rings is 1. The van der Waals surface area contributed by atoms with Gasteiger partial charge in [-0.15, -0.1) is 37.4 Å². The van der Waals surface area contributed by atoms with Gasteiger partial charge in [-0.25, -0.2) is 39.1 Å². The molecule has 294 valence electrons. The maximum atomic E-state index is 13.9. The van der Waals surface area contributed by atoms with Crippen molar-refractivity contribution in [3.63, 3.8) is 0 Å². The predicted molar refractivity (Wildman–Crippen MR) is 173 cm³/mol. The van der Waals surface area contributed by atoms with Crippen LogP contribution >= 0.6 is 30.4 Å². The van der Waals surface area contributed by atoms with Gasteiger partial charge in [0.2, 0.25) is 0 Å². The quantitative estimate of drug-likeness (QED) is 0.0381. The molecule has 0 N–H and O–H groups in total. The molecule has 0 spiro atoms. The Labute approximate surface area is 292 Å². The Balaban J connectivity index is 4.13. The van der Waals surface area contributed by atoms with Gasteiger partial charge >= 0.3 is 30.4 Å². The first kappa shape index (κ1) is 47.5. The molecular weight excluding hydrogens is 756 g/mol. The molecule has 1 aromatic rings. The molecule has 0 atom stereocenters. The van der Waals surface area contributed by atoms with E-state index in [2.05, 4.69) is 0 Å². The molecule has 24 heteroatoms. The van der Waals surface area contributed by atoms with Gasteiger partial charge in [-0.05, 0) is 77.6 Å². The van der Waals surface area contributed by atoms with Crippen LogP contribution in [0.2, 0.25) is 0 Å². The molecule has 0 aliphatic heterocycles. The highest BCUT2D eigenvalue weighted by Gasteiger charge is 2.38. The molecule has 0 heterocycles. The van der Waals surface area contributed by atoms with E-state index in [-0.39, 0.29) is 75.1 Å². The Bertz CT molecular complexity index is 1050. The molecule has 0 saturated heterocycles. The van der Waals surface area contributed by atoms with Crippen LogP contribution in [0.1, 0.15) is 77.6 Å². The Morgan fingerprint density at radius 1 is 0.320 bits per heavy atom. The molecule has 50 heavy (non-hydrogen) atoms. The first-order chi connectivity index (χ1) is 23.8. The SMILES string of the molecule is CCOOP(=O)(Cc1cc(CP(=O)(OOCC)OOCC)c(CP(=O)(OOCC)OOCC)cc1CP(=O)(OOCC)OOCC)OOCC. The summed E-state index contributed by atoms with van der Waals surface area (Å²) in [7, 11) is -17.2. The Kier molecular flexibility index (Phi) is 24.2. The minimum absolute atomic E-state index is 0.0161. The van der Waals surface area contributed by atoms with Crippen molar-refractivity contribution in [3.05, 3.63) is 34.4 Å². The summed E-state index contributed by atoms with van der Waals surface area (Å²) in [6.45, 7) is 12.5. The van der Waals surface area contributed by atoms with Crippen LogP contribution in [0.5, 0.6) is 0 Å². The normalized spacial score (nSPS) is 13.0. The van der Waals surface area contributed by atoms with Crippen molar-refractivity contribution in [2.45, 2.75) is 80.0 Å². The topological polar surface area (TPSA) is 216 Å². The van der Waals surface area contributed by atoms with Gasteiger partial charge in [0, 0.05) is 0 Å². The predicted octanol–water partition coefficient (Wildman–Crippen LogP) is 8.20. The first-order valence-corrected chi connectivity index (χ1v) is 22.7. The van der Waals surface area contributed by atoms with Gasteiger partial charge in [-0.2, -0.15) is 0 Å². The van der Waals surface area contributed by atoms with E-state index < -0.39 is 55.0 Å². The van der Waals surface area contributed by atoms with Gasteiger partial charge < -0.3 is 0 Å². The molecule has 0 aromatic heterocycles. The number of hydrogen-bond donors (Lipinski definition) is 0. The molecule has 20 nitrogen and oxygen atoms in total. The number of hydrogen-bond acceptors (Lipinski definition) is 20. The van der Waals surface area contributed by atoms with Gasteiger partial charge in [0.1, 0.15) is 0 Å². The maximum absolute atomic E-state index is 13.9. The van der Waals surface area contributed by atoms with E-state index in [0.29, 0.717) is 0 Å². The summed E-state index contributed by atoms with van der Waals surface area (Å²) in [6, 6.07) is 2.72. The monoisotopic (exact) mass is 806 g/mol. The highest BCUT2D eigenvalue weighted by atomic mass is 31.2. The Morgan fingerprint density at radius 3 is 0.580 bits per heavy atom. The lowest BCUT2D eigenvalue weighted by Crippen LogP contribution is -2.10. The van der Waals surface area contributed by atoms with E-state index in [0.717, 1.165) is 0 Å². The van der Waals surface area contributed by atoms with Crippen molar-refractivity contribution in [1.82, 2.24) is 0 Å². The maximum Gasteiger partial charge on any atom is 0.388 e. The van der Waals surface area contributed by atoms with Crippen molar-refractivity contribution >= 4 is 30.4 Å². The average Bonchev–Trinajstić information content (AvgIpc) is 3.10. The second kappa shape index (κ2) is 25.5. The van der Waals surface area contributed by atoms with E-state index in [9.17, 15) is 18.3 Å². The Morgan fingerprint density at radius 2 is 0.460 bits per heavy atom.